The smallest absolute Gasteiger partial charge is 0.333 e. The summed E-state index contributed by atoms with van der Waals surface area (Å²) in [5, 5.41) is 13.9. The van der Waals surface area contributed by atoms with Crippen molar-refractivity contribution in [2.24, 2.45) is 5.14 Å². The predicted molar refractivity (Wildman–Crippen MR) is 52.6 cm³/mol. The van der Waals surface area contributed by atoms with Gasteiger partial charge >= 0.3 is 10.3 Å². The van der Waals surface area contributed by atoms with Gasteiger partial charge in [-0.15, -0.1) is 0 Å². The maximum absolute atomic E-state index is 10.5. The van der Waals surface area contributed by atoms with Crippen LogP contribution in [0.4, 0.5) is 0 Å². The molecule has 0 aromatic heterocycles. The van der Waals surface area contributed by atoms with Gasteiger partial charge in [-0.3, -0.25) is 4.18 Å². The summed E-state index contributed by atoms with van der Waals surface area (Å²) in [4.78, 5) is 0. The van der Waals surface area contributed by atoms with Gasteiger partial charge in [0.15, 0.2) is 11.5 Å². The number of hydrogen-bond donors (Lipinski definition) is 2. The fourth-order valence-corrected chi connectivity index (χ4v) is 1.26. The molecule has 0 bridgehead atoms. The zero-order chi connectivity index (χ0) is 11.5. The summed E-state index contributed by atoms with van der Waals surface area (Å²) >= 11 is 0. The average molecular weight is 233 g/mol. The van der Waals surface area contributed by atoms with Crippen LogP contribution in [0.2, 0.25) is 0 Å². The lowest BCUT2D eigenvalue weighted by atomic mass is 10.2. The van der Waals surface area contributed by atoms with Crippen LogP contribution in [0.3, 0.4) is 0 Å². The van der Waals surface area contributed by atoms with E-state index in [0.717, 1.165) is 0 Å². The van der Waals surface area contributed by atoms with Crippen molar-refractivity contribution >= 4 is 10.3 Å². The molecule has 15 heavy (non-hydrogen) atoms. The maximum Gasteiger partial charge on any atom is 0.333 e. The molecule has 0 atom stereocenters. The lowest BCUT2D eigenvalue weighted by Crippen LogP contribution is -2.15. The summed E-state index contributed by atoms with van der Waals surface area (Å²) in [7, 11) is -2.57. The fraction of sp³-hybridized carbons (Fsp3) is 0.250. The fourth-order valence-electron chi connectivity index (χ4n) is 0.962. The molecule has 6 nitrogen and oxygen atoms in total. The van der Waals surface area contributed by atoms with Crippen LogP contribution >= 0.6 is 0 Å². The Kier molecular flexibility index (Phi) is 3.51. The average Bonchev–Trinajstić information content (AvgIpc) is 2.15. The van der Waals surface area contributed by atoms with E-state index in [1.54, 1.807) is 0 Å². The Morgan fingerprint density at radius 3 is 2.67 bits per heavy atom. The molecule has 7 heteroatoms. The molecule has 0 aliphatic heterocycles. The number of hydrogen-bond acceptors (Lipinski definition) is 5. The standard InChI is InChI=1S/C8H11NO5S/c1-13-8-4-6(2-3-7(8)10)5-14-15(9,11)12/h2-4,10H,5H2,1H3,(H2,9,11,12). The quantitative estimate of drug-likeness (QED) is 0.769. The molecule has 0 heterocycles. The SMILES string of the molecule is COc1cc(COS(N)(=O)=O)ccc1O. The Morgan fingerprint density at radius 1 is 1.47 bits per heavy atom. The lowest BCUT2D eigenvalue weighted by molar-refractivity contribution is 0.307. The lowest BCUT2D eigenvalue weighted by Gasteiger charge is -2.06. The van der Waals surface area contributed by atoms with Crippen LogP contribution in [0, 0.1) is 0 Å². The van der Waals surface area contributed by atoms with Crippen molar-refractivity contribution in [1.82, 2.24) is 0 Å². The van der Waals surface area contributed by atoms with Gasteiger partial charge in [-0.05, 0) is 17.7 Å². The second kappa shape index (κ2) is 4.47. The molecular weight excluding hydrogens is 222 g/mol. The highest BCUT2D eigenvalue weighted by Gasteiger charge is 2.06. The molecule has 0 spiro atoms. The van der Waals surface area contributed by atoms with Crippen LogP contribution in [-0.4, -0.2) is 20.6 Å². The highest BCUT2D eigenvalue weighted by atomic mass is 32.2. The Balaban J connectivity index is 2.79. The van der Waals surface area contributed by atoms with E-state index in [9.17, 15) is 13.5 Å². The molecule has 0 amide bonds. The van der Waals surface area contributed by atoms with E-state index in [-0.39, 0.29) is 18.1 Å². The first-order valence-electron chi connectivity index (χ1n) is 3.95. The molecule has 1 aromatic carbocycles. The molecule has 0 aliphatic carbocycles. The van der Waals surface area contributed by atoms with Crippen LogP contribution in [0.5, 0.6) is 11.5 Å². The van der Waals surface area contributed by atoms with Gasteiger partial charge < -0.3 is 9.84 Å². The summed E-state index contributed by atoms with van der Waals surface area (Å²) < 4.78 is 30.2. The van der Waals surface area contributed by atoms with Gasteiger partial charge in [0, 0.05) is 0 Å². The molecular formula is C8H11NO5S. The third-order valence-electron chi connectivity index (χ3n) is 1.63. The van der Waals surface area contributed by atoms with Crippen molar-refractivity contribution in [2.75, 3.05) is 7.11 Å². The summed E-state index contributed by atoms with van der Waals surface area (Å²) in [6, 6.07) is 4.34. The minimum Gasteiger partial charge on any atom is -0.504 e. The van der Waals surface area contributed by atoms with E-state index in [1.807, 2.05) is 0 Å². The second-order valence-corrected chi connectivity index (χ2v) is 3.98. The molecule has 0 unspecified atom stereocenters. The van der Waals surface area contributed by atoms with Gasteiger partial charge in [0.05, 0.1) is 13.7 Å². The van der Waals surface area contributed by atoms with Crippen molar-refractivity contribution in [1.29, 1.82) is 0 Å². The van der Waals surface area contributed by atoms with Crippen molar-refractivity contribution in [3.8, 4) is 11.5 Å². The zero-order valence-corrected chi connectivity index (χ0v) is 8.82. The summed E-state index contributed by atoms with van der Waals surface area (Å²) in [6.45, 7) is -0.199. The van der Waals surface area contributed by atoms with Crippen LogP contribution in [0.1, 0.15) is 5.56 Å². The number of phenols is 1. The van der Waals surface area contributed by atoms with E-state index >= 15 is 0 Å². The highest BCUT2D eigenvalue weighted by molar-refractivity contribution is 7.84. The van der Waals surface area contributed by atoms with Gasteiger partial charge in [0.25, 0.3) is 0 Å². The van der Waals surface area contributed by atoms with Crippen molar-refractivity contribution in [3.63, 3.8) is 0 Å². The molecule has 0 fully saturated rings. The van der Waals surface area contributed by atoms with Crippen molar-refractivity contribution in [3.05, 3.63) is 23.8 Å². The largest absolute Gasteiger partial charge is 0.504 e. The van der Waals surface area contributed by atoms with Crippen LogP contribution in [-0.2, 0) is 21.1 Å². The number of nitrogens with two attached hydrogens (primary N) is 1. The maximum atomic E-state index is 10.5. The summed E-state index contributed by atoms with van der Waals surface area (Å²) in [5.41, 5.74) is 0.527. The van der Waals surface area contributed by atoms with E-state index < -0.39 is 10.3 Å². The summed E-state index contributed by atoms with van der Waals surface area (Å²) in [5.74, 6) is 0.211. The Morgan fingerprint density at radius 2 is 2.13 bits per heavy atom. The predicted octanol–water partition coefficient (Wildman–Crippen LogP) is 0.121. The minimum atomic E-state index is -3.96. The van der Waals surface area contributed by atoms with Gasteiger partial charge in [-0.2, -0.15) is 8.42 Å². The Hall–Kier alpha value is -1.31. The van der Waals surface area contributed by atoms with E-state index in [1.165, 1.54) is 25.3 Å². The number of benzene rings is 1. The Labute approximate surface area is 87.5 Å². The van der Waals surface area contributed by atoms with E-state index in [4.69, 9.17) is 4.74 Å². The summed E-state index contributed by atoms with van der Waals surface area (Å²) in [6.07, 6.45) is 0. The number of aromatic hydroxyl groups is 1. The molecule has 0 radical (unpaired) electrons. The second-order valence-electron chi connectivity index (χ2n) is 2.76. The molecule has 3 N–H and O–H groups in total. The monoisotopic (exact) mass is 233 g/mol. The third-order valence-corrected chi connectivity index (χ3v) is 2.08. The van der Waals surface area contributed by atoms with Crippen molar-refractivity contribution < 1.29 is 22.4 Å². The van der Waals surface area contributed by atoms with Gasteiger partial charge in [0.2, 0.25) is 0 Å². The topological polar surface area (TPSA) is 98.9 Å². The van der Waals surface area contributed by atoms with Gasteiger partial charge in [-0.1, -0.05) is 6.07 Å². The first kappa shape index (κ1) is 11.8. The van der Waals surface area contributed by atoms with Gasteiger partial charge in [-0.25, -0.2) is 5.14 Å². The molecule has 84 valence electrons. The number of methoxy groups -OCH3 is 1. The van der Waals surface area contributed by atoms with Crippen molar-refractivity contribution in [2.45, 2.75) is 6.61 Å². The van der Waals surface area contributed by atoms with Crippen LogP contribution < -0.4 is 9.88 Å². The first-order valence-corrected chi connectivity index (χ1v) is 5.42. The van der Waals surface area contributed by atoms with Crippen LogP contribution in [0.15, 0.2) is 18.2 Å². The molecule has 1 rings (SSSR count). The minimum absolute atomic E-state index is 0.0307. The normalized spacial score (nSPS) is 11.3. The molecule has 0 aliphatic rings. The van der Waals surface area contributed by atoms with E-state index in [2.05, 4.69) is 9.32 Å². The Bertz CT molecular complexity index is 442. The molecule has 1 aromatic rings. The number of phenolic OH excluding ortho intramolecular Hbond substituents is 1. The molecule has 0 saturated carbocycles. The first-order chi connectivity index (χ1) is 6.92. The van der Waals surface area contributed by atoms with Gasteiger partial charge in [0.1, 0.15) is 0 Å². The number of ether oxygens (including phenoxy) is 1. The van der Waals surface area contributed by atoms with Crippen LogP contribution in [0.25, 0.3) is 0 Å². The molecule has 0 saturated heterocycles. The number of rotatable bonds is 4. The van der Waals surface area contributed by atoms with E-state index in [0.29, 0.717) is 5.56 Å². The third kappa shape index (κ3) is 3.74. The zero-order valence-electron chi connectivity index (χ0n) is 8.00. The highest BCUT2D eigenvalue weighted by Crippen LogP contribution is 2.26.